The van der Waals surface area contributed by atoms with Crippen molar-refractivity contribution in [3.05, 3.63) is 24.0 Å². The molecule has 0 aromatic carbocycles. The maximum atomic E-state index is 4.35. The van der Waals surface area contributed by atoms with E-state index in [1.807, 2.05) is 12.4 Å². The van der Waals surface area contributed by atoms with Crippen LogP contribution >= 0.6 is 0 Å². The van der Waals surface area contributed by atoms with Gasteiger partial charge in [-0.3, -0.25) is 4.98 Å². The number of hydrogen-bond donors (Lipinski definition) is 1. The van der Waals surface area contributed by atoms with Gasteiger partial charge in [-0.1, -0.05) is 34.6 Å². The maximum Gasteiger partial charge on any atom is 0.0598 e. The quantitative estimate of drug-likeness (QED) is 0.896. The van der Waals surface area contributed by atoms with E-state index in [0.717, 1.165) is 32.1 Å². The van der Waals surface area contributed by atoms with Gasteiger partial charge in [0.05, 0.1) is 11.9 Å². The molecule has 1 saturated heterocycles. The van der Waals surface area contributed by atoms with E-state index in [1.54, 1.807) is 0 Å². The van der Waals surface area contributed by atoms with Crippen LogP contribution in [0.3, 0.4) is 0 Å². The first-order valence-corrected chi connectivity index (χ1v) is 8.26. The van der Waals surface area contributed by atoms with E-state index >= 15 is 0 Å². The fourth-order valence-corrected chi connectivity index (χ4v) is 3.03. The van der Waals surface area contributed by atoms with Crippen LogP contribution in [0, 0.1) is 17.3 Å². The van der Waals surface area contributed by atoms with Crippen molar-refractivity contribution in [3.8, 4) is 0 Å². The molecule has 118 valence electrons. The minimum atomic E-state index is 0.396. The monoisotopic (exact) mass is 289 g/mol. The highest BCUT2D eigenvalue weighted by Crippen LogP contribution is 2.36. The van der Waals surface area contributed by atoms with Crippen molar-refractivity contribution in [2.75, 3.05) is 24.5 Å². The van der Waals surface area contributed by atoms with E-state index < -0.39 is 0 Å². The molecule has 0 amide bonds. The highest BCUT2D eigenvalue weighted by atomic mass is 15.2. The fraction of sp³-hybridized carbons (Fsp3) is 0.722. The summed E-state index contributed by atoms with van der Waals surface area (Å²) in [6.45, 7) is 15.9. The predicted molar refractivity (Wildman–Crippen MR) is 90.6 cm³/mol. The number of pyridine rings is 1. The third-order valence-electron chi connectivity index (χ3n) is 4.51. The lowest BCUT2D eigenvalue weighted by Gasteiger charge is -2.28. The Hall–Kier alpha value is -1.09. The summed E-state index contributed by atoms with van der Waals surface area (Å²) < 4.78 is 0. The van der Waals surface area contributed by atoms with Crippen molar-refractivity contribution in [3.63, 3.8) is 0 Å². The Labute approximate surface area is 130 Å². The number of rotatable bonds is 5. The number of hydrogen-bond acceptors (Lipinski definition) is 3. The first-order valence-electron chi connectivity index (χ1n) is 8.26. The van der Waals surface area contributed by atoms with Gasteiger partial charge in [-0.2, -0.15) is 0 Å². The maximum absolute atomic E-state index is 4.35. The molecule has 2 rings (SSSR count). The Bertz CT molecular complexity index is 448. The van der Waals surface area contributed by atoms with Gasteiger partial charge in [0.1, 0.15) is 0 Å². The van der Waals surface area contributed by atoms with Gasteiger partial charge in [-0.25, -0.2) is 0 Å². The van der Waals surface area contributed by atoms with E-state index in [4.69, 9.17) is 0 Å². The van der Waals surface area contributed by atoms with Crippen molar-refractivity contribution in [1.29, 1.82) is 0 Å². The van der Waals surface area contributed by atoms with E-state index in [2.05, 4.69) is 55.9 Å². The van der Waals surface area contributed by atoms with Crippen LogP contribution in [-0.2, 0) is 6.54 Å². The molecule has 1 fully saturated rings. The average molecular weight is 289 g/mol. The van der Waals surface area contributed by atoms with Crippen LogP contribution in [0.25, 0.3) is 0 Å². The molecule has 1 aromatic rings. The highest BCUT2D eigenvalue weighted by Gasteiger charge is 2.32. The molecule has 0 bridgehead atoms. The first kappa shape index (κ1) is 16.3. The molecule has 1 N–H and O–H groups in total. The molecular formula is C18H31N3. The second-order valence-electron chi connectivity index (χ2n) is 7.83. The minimum Gasteiger partial charge on any atom is -0.370 e. The molecule has 0 aliphatic carbocycles. The SMILES string of the molecule is CC(C)CNCc1ccncc1N1CCC(C(C)(C)C)C1. The molecule has 1 aliphatic rings. The van der Waals surface area contributed by atoms with Crippen LogP contribution in [-0.4, -0.2) is 24.6 Å². The summed E-state index contributed by atoms with van der Waals surface area (Å²) in [4.78, 5) is 6.87. The summed E-state index contributed by atoms with van der Waals surface area (Å²) >= 11 is 0. The van der Waals surface area contributed by atoms with Gasteiger partial charge in [0.25, 0.3) is 0 Å². The lowest BCUT2D eigenvalue weighted by Crippen LogP contribution is -2.27. The van der Waals surface area contributed by atoms with Crippen molar-refractivity contribution in [2.24, 2.45) is 17.3 Å². The second-order valence-corrected chi connectivity index (χ2v) is 7.83. The van der Waals surface area contributed by atoms with E-state index in [-0.39, 0.29) is 0 Å². The summed E-state index contributed by atoms with van der Waals surface area (Å²) in [5.74, 6) is 1.46. The molecule has 0 saturated carbocycles. The average Bonchev–Trinajstić information content (AvgIpc) is 2.88. The lowest BCUT2D eigenvalue weighted by atomic mass is 9.80. The lowest BCUT2D eigenvalue weighted by molar-refractivity contribution is 0.263. The minimum absolute atomic E-state index is 0.396. The number of aromatic nitrogens is 1. The Morgan fingerprint density at radius 3 is 2.76 bits per heavy atom. The van der Waals surface area contributed by atoms with Gasteiger partial charge in [-0.05, 0) is 41.8 Å². The summed E-state index contributed by atoms with van der Waals surface area (Å²) in [5, 5.41) is 3.55. The number of nitrogens with zero attached hydrogens (tertiary/aromatic N) is 2. The van der Waals surface area contributed by atoms with E-state index in [0.29, 0.717) is 11.3 Å². The van der Waals surface area contributed by atoms with Crippen molar-refractivity contribution < 1.29 is 0 Å². The first-order chi connectivity index (χ1) is 9.88. The standard InChI is InChI=1S/C18H31N3/c1-14(2)10-20-11-15-6-8-19-12-17(15)21-9-7-16(13-21)18(3,4)5/h6,8,12,14,16,20H,7,9-11,13H2,1-5H3. The van der Waals surface area contributed by atoms with Crippen LogP contribution in [0.1, 0.15) is 46.6 Å². The number of anilines is 1. The van der Waals surface area contributed by atoms with E-state index in [1.165, 1.54) is 17.7 Å². The molecule has 1 atom stereocenters. The molecule has 0 radical (unpaired) electrons. The summed E-state index contributed by atoms with van der Waals surface area (Å²) in [6, 6.07) is 2.16. The van der Waals surface area contributed by atoms with Crippen LogP contribution in [0.5, 0.6) is 0 Å². The molecule has 1 unspecified atom stereocenters. The molecule has 21 heavy (non-hydrogen) atoms. The van der Waals surface area contributed by atoms with Gasteiger partial charge in [-0.15, -0.1) is 0 Å². The molecule has 1 aromatic heterocycles. The normalized spacial score (nSPS) is 19.5. The van der Waals surface area contributed by atoms with Crippen LogP contribution in [0.4, 0.5) is 5.69 Å². The molecular weight excluding hydrogens is 258 g/mol. The predicted octanol–water partition coefficient (Wildman–Crippen LogP) is 3.70. The largest absolute Gasteiger partial charge is 0.370 e. The Kier molecular flexibility index (Phi) is 5.26. The third kappa shape index (κ3) is 4.44. The Morgan fingerprint density at radius 1 is 1.38 bits per heavy atom. The topological polar surface area (TPSA) is 28.2 Å². The van der Waals surface area contributed by atoms with Crippen LogP contribution < -0.4 is 10.2 Å². The molecule has 3 heteroatoms. The molecule has 0 spiro atoms. The summed E-state index contributed by atoms with van der Waals surface area (Å²) in [5.41, 5.74) is 3.09. The Balaban J connectivity index is 2.03. The van der Waals surface area contributed by atoms with Crippen molar-refractivity contribution in [2.45, 2.75) is 47.6 Å². The zero-order valence-electron chi connectivity index (χ0n) is 14.3. The third-order valence-corrected chi connectivity index (χ3v) is 4.51. The fourth-order valence-electron chi connectivity index (χ4n) is 3.03. The molecule has 2 heterocycles. The zero-order valence-corrected chi connectivity index (χ0v) is 14.3. The second kappa shape index (κ2) is 6.78. The van der Waals surface area contributed by atoms with Gasteiger partial charge in [0.2, 0.25) is 0 Å². The smallest absolute Gasteiger partial charge is 0.0598 e. The van der Waals surface area contributed by atoms with Crippen molar-refractivity contribution >= 4 is 5.69 Å². The molecule has 3 nitrogen and oxygen atoms in total. The van der Waals surface area contributed by atoms with Gasteiger partial charge in [0, 0.05) is 25.8 Å². The molecule has 1 aliphatic heterocycles. The van der Waals surface area contributed by atoms with Gasteiger partial charge < -0.3 is 10.2 Å². The van der Waals surface area contributed by atoms with Gasteiger partial charge >= 0.3 is 0 Å². The van der Waals surface area contributed by atoms with Crippen LogP contribution in [0.15, 0.2) is 18.5 Å². The summed E-state index contributed by atoms with van der Waals surface area (Å²) in [7, 11) is 0. The van der Waals surface area contributed by atoms with Crippen LogP contribution in [0.2, 0.25) is 0 Å². The number of nitrogens with one attached hydrogen (secondary N) is 1. The Morgan fingerprint density at radius 2 is 2.14 bits per heavy atom. The van der Waals surface area contributed by atoms with Crippen molar-refractivity contribution in [1.82, 2.24) is 10.3 Å². The van der Waals surface area contributed by atoms with E-state index in [9.17, 15) is 0 Å². The highest BCUT2D eigenvalue weighted by molar-refractivity contribution is 5.52. The summed E-state index contributed by atoms with van der Waals surface area (Å²) in [6.07, 6.45) is 5.24. The zero-order chi connectivity index (χ0) is 15.5. The van der Waals surface area contributed by atoms with Gasteiger partial charge in [0.15, 0.2) is 0 Å².